The van der Waals surface area contributed by atoms with Crippen LogP contribution in [0.2, 0.25) is 0 Å². The lowest BCUT2D eigenvalue weighted by Crippen LogP contribution is -1.78. The third-order valence-electron chi connectivity index (χ3n) is 1.07. The molecule has 0 saturated heterocycles. The largest absolute Gasteiger partial charge is 0.0817 e. The maximum atomic E-state index is 5.86. The van der Waals surface area contributed by atoms with Crippen LogP contribution >= 0.6 is 11.6 Å². The van der Waals surface area contributed by atoms with Crippen molar-refractivity contribution in [2.45, 2.75) is 0 Å². The van der Waals surface area contributed by atoms with E-state index in [1.165, 1.54) is 0 Å². The number of hydrogen-bond donors (Lipinski definition) is 0. The minimum absolute atomic E-state index is 0.348. The van der Waals surface area contributed by atoms with E-state index >= 15 is 0 Å². The van der Waals surface area contributed by atoms with Crippen LogP contribution in [0.15, 0.2) is 46.2 Å². The second kappa shape index (κ2) is 4.65. The second-order valence-corrected chi connectivity index (χ2v) is 4.88. The van der Waals surface area contributed by atoms with Crippen molar-refractivity contribution in [2.75, 3.05) is 0 Å². The maximum Gasteiger partial charge on any atom is 0.0817 e. The molecule has 0 aromatic carbocycles. The van der Waals surface area contributed by atoms with Gasteiger partial charge in [0.1, 0.15) is 0 Å². The lowest BCUT2D eigenvalue weighted by atomic mass is 10.4. The summed E-state index contributed by atoms with van der Waals surface area (Å²) >= 11 is 10.9. The van der Waals surface area contributed by atoms with Crippen LogP contribution in [0.25, 0.3) is 0 Å². The summed E-state index contributed by atoms with van der Waals surface area (Å²) in [6, 6.07) is 0. The van der Waals surface area contributed by atoms with E-state index in [-0.39, 0.29) is 9.45 Å². The molecule has 0 bridgehead atoms. The van der Waals surface area contributed by atoms with E-state index in [9.17, 15) is 0 Å². The average molecular weight is 203 g/mol. The Morgan fingerprint density at radius 1 is 1.09 bits per heavy atom. The van der Waals surface area contributed by atoms with Crippen LogP contribution in [-0.2, 0) is 20.6 Å². The van der Waals surface area contributed by atoms with E-state index in [0.717, 1.165) is 4.36 Å². The Morgan fingerprint density at radius 3 is 2.55 bits per heavy atom. The molecule has 3 heteroatoms. The third-order valence-corrected chi connectivity index (χ3v) is 3.76. The molecular weight excluding hydrogens is 196 g/mol. The van der Waals surface area contributed by atoms with Gasteiger partial charge in [0.15, 0.2) is 0 Å². The van der Waals surface area contributed by atoms with Crippen molar-refractivity contribution in [3.63, 3.8) is 0 Å². The zero-order chi connectivity index (χ0) is 8.10. The number of halogens is 1. The van der Waals surface area contributed by atoms with Crippen LogP contribution in [-0.4, -0.2) is 0 Å². The van der Waals surface area contributed by atoms with Crippen LogP contribution in [0.3, 0.4) is 0 Å². The molecular formula is C8H7ClS2. The van der Waals surface area contributed by atoms with Crippen molar-refractivity contribution >= 4 is 32.2 Å². The van der Waals surface area contributed by atoms with E-state index in [1.807, 2.05) is 41.9 Å². The van der Waals surface area contributed by atoms with Gasteiger partial charge >= 0.3 is 0 Å². The zero-order valence-corrected chi connectivity index (χ0v) is 8.12. The Labute approximate surface area is 78.5 Å². The zero-order valence-electron chi connectivity index (χ0n) is 5.74. The molecule has 0 aliphatic carbocycles. The summed E-state index contributed by atoms with van der Waals surface area (Å²) < 4.78 is 0.719. The number of rotatable bonds is 0. The van der Waals surface area contributed by atoms with Crippen molar-refractivity contribution in [2.24, 2.45) is 0 Å². The van der Waals surface area contributed by atoms with E-state index in [0.29, 0.717) is 0 Å². The molecule has 1 heterocycles. The topological polar surface area (TPSA) is 0 Å². The van der Waals surface area contributed by atoms with Crippen LogP contribution in [0.4, 0.5) is 0 Å². The van der Waals surface area contributed by atoms with Crippen molar-refractivity contribution in [3.8, 4) is 0 Å². The molecule has 1 aliphatic rings. The summed E-state index contributed by atoms with van der Waals surface area (Å²) in [5.74, 6) is 0. The molecule has 0 N–H and O–H groups in total. The fourth-order valence-corrected chi connectivity index (χ4v) is 1.73. The standard InChI is InChI=1S/C8H7ClS2/c9-8-6-4-2-1-3-5-7-11(8)10/h1-7H/b3-1-,4-2-,7-5-,8-6-. The third kappa shape index (κ3) is 3.14. The highest BCUT2D eigenvalue weighted by Gasteiger charge is 1.92. The molecule has 0 saturated carbocycles. The first-order valence-electron chi connectivity index (χ1n) is 3.08. The summed E-state index contributed by atoms with van der Waals surface area (Å²) in [4.78, 5) is 0. The van der Waals surface area contributed by atoms with Gasteiger partial charge < -0.3 is 0 Å². The van der Waals surface area contributed by atoms with Gasteiger partial charge in [-0.1, -0.05) is 51.4 Å². The normalized spacial score (nSPS) is 37.2. The fraction of sp³-hybridized carbons (Fsp3) is 0. The Hall–Kier alpha value is -0.180. The lowest BCUT2D eigenvalue weighted by Gasteiger charge is -1.92. The lowest BCUT2D eigenvalue weighted by molar-refractivity contribution is 1.90. The van der Waals surface area contributed by atoms with Gasteiger partial charge in [0.25, 0.3) is 0 Å². The van der Waals surface area contributed by atoms with Crippen LogP contribution in [0.5, 0.6) is 0 Å². The van der Waals surface area contributed by atoms with Gasteiger partial charge in [-0.25, -0.2) is 0 Å². The van der Waals surface area contributed by atoms with Crippen molar-refractivity contribution < 1.29 is 0 Å². The molecule has 1 atom stereocenters. The van der Waals surface area contributed by atoms with Crippen molar-refractivity contribution in [3.05, 3.63) is 46.2 Å². The van der Waals surface area contributed by atoms with Gasteiger partial charge in [-0.15, -0.1) is 0 Å². The molecule has 1 unspecified atom stereocenters. The predicted octanol–water partition coefficient (Wildman–Crippen LogP) is 2.79. The van der Waals surface area contributed by atoms with Crippen LogP contribution in [0, 0.1) is 0 Å². The Kier molecular flexibility index (Phi) is 3.77. The predicted molar refractivity (Wildman–Crippen MR) is 56.1 cm³/mol. The van der Waals surface area contributed by atoms with E-state index in [2.05, 4.69) is 0 Å². The summed E-state index contributed by atoms with van der Waals surface area (Å²) in [5.41, 5.74) is 0. The fourth-order valence-electron chi connectivity index (χ4n) is 0.572. The molecule has 0 amide bonds. The van der Waals surface area contributed by atoms with Crippen LogP contribution < -0.4 is 0 Å². The van der Waals surface area contributed by atoms with E-state index < -0.39 is 0 Å². The van der Waals surface area contributed by atoms with Crippen LogP contribution in [0.1, 0.15) is 0 Å². The summed E-state index contributed by atoms with van der Waals surface area (Å²) in [5, 5.41) is 1.91. The smallest absolute Gasteiger partial charge is 0.0761 e. The van der Waals surface area contributed by atoms with Gasteiger partial charge in [-0.05, 0) is 22.7 Å². The Bertz CT molecular complexity index is 272. The molecule has 0 spiro atoms. The molecule has 1 rings (SSSR count). The van der Waals surface area contributed by atoms with Gasteiger partial charge in [0, 0.05) is 0 Å². The minimum atomic E-state index is -0.348. The minimum Gasteiger partial charge on any atom is -0.0761 e. The highest BCUT2D eigenvalue weighted by Crippen LogP contribution is 2.10. The first-order valence-corrected chi connectivity index (χ1v) is 5.68. The van der Waals surface area contributed by atoms with E-state index in [4.69, 9.17) is 22.8 Å². The Balaban J connectivity index is 2.92. The quantitative estimate of drug-likeness (QED) is 0.582. The molecule has 0 fully saturated rings. The SMILES string of the molecule is S=S1\C=C/C=C\C=C/C=C\1Cl. The van der Waals surface area contributed by atoms with Crippen molar-refractivity contribution in [1.82, 2.24) is 0 Å². The molecule has 0 aromatic heterocycles. The Morgan fingerprint density at radius 2 is 1.73 bits per heavy atom. The molecule has 0 aromatic rings. The van der Waals surface area contributed by atoms with Gasteiger partial charge in [0.05, 0.1) is 4.36 Å². The molecule has 0 nitrogen and oxygen atoms in total. The number of hydrogen-bond acceptors (Lipinski definition) is 1. The number of allylic oxidation sites excluding steroid dienone is 6. The summed E-state index contributed by atoms with van der Waals surface area (Å²) in [7, 11) is -0.348. The highest BCUT2D eigenvalue weighted by atomic mass is 35.5. The van der Waals surface area contributed by atoms with Gasteiger partial charge in [-0.3, -0.25) is 0 Å². The maximum absolute atomic E-state index is 5.86. The molecule has 11 heavy (non-hydrogen) atoms. The average Bonchev–Trinajstić information content (AvgIpc) is 2.07. The molecule has 1 aliphatic heterocycles. The summed E-state index contributed by atoms with van der Waals surface area (Å²) in [6.07, 6.45) is 11.4. The first kappa shape index (κ1) is 8.91. The van der Waals surface area contributed by atoms with Crippen molar-refractivity contribution in [1.29, 1.82) is 0 Å². The van der Waals surface area contributed by atoms with Gasteiger partial charge in [-0.2, -0.15) is 0 Å². The van der Waals surface area contributed by atoms with Gasteiger partial charge in [0.2, 0.25) is 0 Å². The monoisotopic (exact) mass is 202 g/mol. The highest BCUT2D eigenvalue weighted by molar-refractivity contribution is 8.33. The van der Waals surface area contributed by atoms with E-state index in [1.54, 1.807) is 0 Å². The molecule has 58 valence electrons. The molecule has 0 radical (unpaired) electrons. The second-order valence-electron chi connectivity index (χ2n) is 1.87. The first-order chi connectivity index (χ1) is 5.30. The summed E-state index contributed by atoms with van der Waals surface area (Å²) in [6.45, 7) is 0.